The van der Waals surface area contributed by atoms with Crippen LogP contribution in [0.25, 0.3) is 0 Å². The van der Waals surface area contributed by atoms with Gasteiger partial charge in [0.2, 0.25) is 0 Å². The van der Waals surface area contributed by atoms with E-state index >= 15 is 0 Å². The molecule has 2 rings (SSSR count). The third-order valence-corrected chi connectivity index (χ3v) is 4.81. The minimum Gasteiger partial charge on any atom is -0.295 e. The van der Waals surface area contributed by atoms with E-state index in [-0.39, 0.29) is 0 Å². The summed E-state index contributed by atoms with van der Waals surface area (Å²) in [5, 5.41) is 4.56. The quantitative estimate of drug-likeness (QED) is 0.850. The minimum absolute atomic E-state index is 0.766. The summed E-state index contributed by atoms with van der Waals surface area (Å²) in [5.41, 5.74) is 2.44. The van der Waals surface area contributed by atoms with Gasteiger partial charge >= 0.3 is 0 Å². The fraction of sp³-hybridized carbons (Fsp3) is 0.769. The number of halogens is 1. The largest absolute Gasteiger partial charge is 0.295 e. The number of hydrogen-bond acceptors (Lipinski definition) is 2. The molecule has 0 spiro atoms. The standard InChI is InChI=1S/C13H22BrN3/c1-4-11-7-6-8-16(11)9-12-13(14)10(3)15-17(12)5-2/h11H,4-9H2,1-3H3. The first-order valence-corrected chi connectivity index (χ1v) is 7.42. The van der Waals surface area contributed by atoms with Crippen LogP contribution in [0.15, 0.2) is 4.47 Å². The Kier molecular flexibility index (Phi) is 4.26. The predicted molar refractivity (Wildman–Crippen MR) is 74.1 cm³/mol. The maximum atomic E-state index is 4.56. The van der Waals surface area contributed by atoms with Gasteiger partial charge in [-0.1, -0.05) is 6.92 Å². The van der Waals surface area contributed by atoms with Crippen LogP contribution in [-0.2, 0) is 13.1 Å². The number of aromatic nitrogens is 2. The van der Waals surface area contributed by atoms with Crippen LogP contribution in [0, 0.1) is 6.92 Å². The lowest BCUT2D eigenvalue weighted by molar-refractivity contribution is 0.232. The van der Waals surface area contributed by atoms with E-state index in [9.17, 15) is 0 Å². The van der Waals surface area contributed by atoms with Crippen LogP contribution in [-0.4, -0.2) is 27.3 Å². The van der Waals surface area contributed by atoms with Gasteiger partial charge in [0, 0.05) is 19.1 Å². The zero-order valence-corrected chi connectivity index (χ0v) is 12.6. The molecule has 0 aliphatic carbocycles. The van der Waals surface area contributed by atoms with Crippen LogP contribution in [0.3, 0.4) is 0 Å². The predicted octanol–water partition coefficient (Wildman–Crippen LogP) is 3.35. The molecular weight excluding hydrogens is 278 g/mol. The molecule has 3 nitrogen and oxygen atoms in total. The van der Waals surface area contributed by atoms with Gasteiger partial charge in [-0.3, -0.25) is 9.58 Å². The molecule has 2 heterocycles. The second-order valence-corrected chi connectivity index (χ2v) is 5.63. The molecule has 1 saturated heterocycles. The van der Waals surface area contributed by atoms with Crippen molar-refractivity contribution in [2.75, 3.05) is 6.54 Å². The molecule has 0 bridgehead atoms. The van der Waals surface area contributed by atoms with E-state index < -0.39 is 0 Å². The molecular formula is C13H22BrN3. The van der Waals surface area contributed by atoms with Crippen LogP contribution < -0.4 is 0 Å². The fourth-order valence-corrected chi connectivity index (χ4v) is 3.19. The minimum atomic E-state index is 0.766. The average molecular weight is 300 g/mol. The highest BCUT2D eigenvalue weighted by Gasteiger charge is 2.25. The molecule has 0 radical (unpaired) electrons. The van der Waals surface area contributed by atoms with Gasteiger partial charge < -0.3 is 0 Å². The van der Waals surface area contributed by atoms with Crippen molar-refractivity contribution in [3.63, 3.8) is 0 Å². The molecule has 1 aliphatic rings. The lowest BCUT2D eigenvalue weighted by atomic mass is 10.1. The van der Waals surface area contributed by atoms with Crippen molar-refractivity contribution in [3.05, 3.63) is 15.9 Å². The van der Waals surface area contributed by atoms with E-state index in [0.29, 0.717) is 0 Å². The van der Waals surface area contributed by atoms with E-state index in [1.807, 2.05) is 0 Å². The topological polar surface area (TPSA) is 21.1 Å². The van der Waals surface area contributed by atoms with Crippen molar-refractivity contribution in [1.29, 1.82) is 0 Å². The smallest absolute Gasteiger partial charge is 0.0739 e. The molecule has 1 aliphatic heterocycles. The number of likely N-dealkylation sites (tertiary alicyclic amines) is 1. The SMILES string of the molecule is CCC1CCCN1Cc1c(Br)c(C)nn1CC. The van der Waals surface area contributed by atoms with Crippen LogP contribution in [0.2, 0.25) is 0 Å². The van der Waals surface area contributed by atoms with Gasteiger partial charge in [-0.2, -0.15) is 5.10 Å². The molecule has 0 amide bonds. The second kappa shape index (κ2) is 5.53. The number of aryl methyl sites for hydroxylation is 2. The van der Waals surface area contributed by atoms with Crippen molar-refractivity contribution in [2.45, 2.75) is 59.2 Å². The number of nitrogens with zero attached hydrogens (tertiary/aromatic N) is 3. The van der Waals surface area contributed by atoms with Crippen molar-refractivity contribution in [1.82, 2.24) is 14.7 Å². The number of hydrogen-bond donors (Lipinski definition) is 0. The first-order chi connectivity index (χ1) is 8.17. The van der Waals surface area contributed by atoms with Gasteiger partial charge in [-0.15, -0.1) is 0 Å². The molecule has 96 valence electrons. The molecule has 0 saturated carbocycles. The summed E-state index contributed by atoms with van der Waals surface area (Å²) in [4.78, 5) is 2.60. The van der Waals surface area contributed by atoms with Crippen LogP contribution in [0.1, 0.15) is 44.5 Å². The normalized spacial score (nSPS) is 21.3. The van der Waals surface area contributed by atoms with Crippen molar-refractivity contribution < 1.29 is 0 Å². The summed E-state index contributed by atoms with van der Waals surface area (Å²) in [5.74, 6) is 0. The first kappa shape index (κ1) is 13.1. The lowest BCUT2D eigenvalue weighted by Crippen LogP contribution is -2.29. The van der Waals surface area contributed by atoms with Gasteiger partial charge in [-0.05, 0) is 55.6 Å². The molecule has 1 atom stereocenters. The van der Waals surface area contributed by atoms with Crippen LogP contribution >= 0.6 is 15.9 Å². The Labute approximate surface area is 112 Å². The van der Waals surface area contributed by atoms with E-state index in [1.54, 1.807) is 0 Å². The molecule has 1 aromatic heterocycles. The maximum Gasteiger partial charge on any atom is 0.0739 e. The van der Waals surface area contributed by atoms with Gasteiger partial charge in [0.15, 0.2) is 0 Å². The first-order valence-electron chi connectivity index (χ1n) is 6.63. The Morgan fingerprint density at radius 2 is 2.18 bits per heavy atom. The molecule has 4 heteroatoms. The summed E-state index contributed by atoms with van der Waals surface area (Å²) in [6.45, 7) is 9.74. The van der Waals surface area contributed by atoms with E-state index in [4.69, 9.17) is 0 Å². The highest BCUT2D eigenvalue weighted by molar-refractivity contribution is 9.10. The zero-order valence-electron chi connectivity index (χ0n) is 11.0. The van der Waals surface area contributed by atoms with Crippen LogP contribution in [0.4, 0.5) is 0 Å². The molecule has 0 aromatic carbocycles. The molecule has 1 unspecified atom stereocenters. The van der Waals surface area contributed by atoms with Gasteiger partial charge in [0.1, 0.15) is 0 Å². The summed E-state index contributed by atoms with van der Waals surface area (Å²) >= 11 is 3.68. The molecule has 1 aromatic rings. The molecule has 1 fully saturated rings. The van der Waals surface area contributed by atoms with Crippen molar-refractivity contribution >= 4 is 15.9 Å². The lowest BCUT2D eigenvalue weighted by Gasteiger charge is -2.23. The van der Waals surface area contributed by atoms with E-state index in [0.717, 1.165) is 24.8 Å². The summed E-state index contributed by atoms with van der Waals surface area (Å²) in [6, 6.07) is 0.766. The van der Waals surface area contributed by atoms with E-state index in [2.05, 4.69) is 51.4 Å². The Morgan fingerprint density at radius 3 is 2.82 bits per heavy atom. The van der Waals surface area contributed by atoms with Gasteiger partial charge in [-0.25, -0.2) is 0 Å². The fourth-order valence-electron chi connectivity index (χ4n) is 2.78. The summed E-state index contributed by atoms with van der Waals surface area (Å²) in [6.07, 6.45) is 3.96. The Hall–Kier alpha value is -0.350. The Morgan fingerprint density at radius 1 is 1.41 bits per heavy atom. The van der Waals surface area contributed by atoms with Crippen LogP contribution in [0.5, 0.6) is 0 Å². The number of rotatable bonds is 4. The average Bonchev–Trinajstić information content (AvgIpc) is 2.88. The molecule has 17 heavy (non-hydrogen) atoms. The second-order valence-electron chi connectivity index (χ2n) is 4.84. The molecule has 0 N–H and O–H groups in total. The zero-order chi connectivity index (χ0) is 12.4. The summed E-state index contributed by atoms with van der Waals surface area (Å²) in [7, 11) is 0. The monoisotopic (exact) mass is 299 g/mol. The van der Waals surface area contributed by atoms with Gasteiger partial charge in [0.05, 0.1) is 15.9 Å². The summed E-state index contributed by atoms with van der Waals surface area (Å²) < 4.78 is 3.32. The van der Waals surface area contributed by atoms with E-state index in [1.165, 1.54) is 36.0 Å². The van der Waals surface area contributed by atoms with Crippen molar-refractivity contribution in [3.8, 4) is 0 Å². The Bertz CT molecular complexity index is 386. The highest BCUT2D eigenvalue weighted by Crippen LogP contribution is 2.27. The van der Waals surface area contributed by atoms with Gasteiger partial charge in [0.25, 0.3) is 0 Å². The maximum absolute atomic E-state index is 4.56. The van der Waals surface area contributed by atoms with Crippen molar-refractivity contribution in [2.24, 2.45) is 0 Å². The Balaban J connectivity index is 2.17. The third kappa shape index (κ3) is 2.58. The highest BCUT2D eigenvalue weighted by atomic mass is 79.9. The third-order valence-electron chi connectivity index (χ3n) is 3.78.